The number of nitrogen functional groups attached to an aromatic ring is 1. The third-order valence-electron chi connectivity index (χ3n) is 9.28. The number of amides is 1. The molecule has 0 unspecified atom stereocenters. The van der Waals surface area contributed by atoms with Gasteiger partial charge in [-0.25, -0.2) is 0 Å². The van der Waals surface area contributed by atoms with Crippen LogP contribution in [0.5, 0.6) is 0 Å². The fraction of sp³-hybridized carbons (Fsp3) is 0.120. The lowest BCUT2D eigenvalue weighted by atomic mass is 9.98. The number of fused-ring (bicyclic) bond motifs is 2. The second-order valence-electron chi connectivity index (χ2n) is 14.0. The van der Waals surface area contributed by atoms with Gasteiger partial charge in [0.25, 0.3) is 11.1 Å². The van der Waals surface area contributed by atoms with Crippen LogP contribution in [0.4, 0.5) is 37.7 Å². The molecule has 0 aliphatic carbocycles. The molecule has 0 atom stereocenters. The van der Waals surface area contributed by atoms with E-state index in [0.29, 0.717) is 33.5 Å². The first-order valence-electron chi connectivity index (χ1n) is 19.0. The second kappa shape index (κ2) is 22.9. The molecule has 8 rings (SSSR count). The highest BCUT2D eigenvalue weighted by atomic mass is 35.5. The predicted octanol–water partition coefficient (Wildman–Crippen LogP) is 15.4. The van der Waals surface area contributed by atoms with Gasteiger partial charge < -0.3 is 11.1 Å². The third kappa shape index (κ3) is 14.3. The maximum Gasteiger partial charge on any atom is 0.416 e. The number of hydrogen-bond donors (Lipinski definition) is 2. The Morgan fingerprint density at radius 3 is 1.46 bits per heavy atom. The zero-order chi connectivity index (χ0) is 46.6. The van der Waals surface area contributed by atoms with Crippen LogP contribution < -0.4 is 11.1 Å². The summed E-state index contributed by atoms with van der Waals surface area (Å²) in [5, 5.41) is 4.52. The van der Waals surface area contributed by atoms with E-state index in [-0.39, 0.29) is 24.2 Å². The van der Waals surface area contributed by atoms with E-state index >= 15 is 0 Å². The van der Waals surface area contributed by atoms with Crippen LogP contribution in [0.1, 0.15) is 50.4 Å². The first kappa shape index (κ1) is 51.2. The van der Waals surface area contributed by atoms with Crippen molar-refractivity contribution in [1.82, 2.24) is 9.97 Å². The summed E-state index contributed by atoms with van der Waals surface area (Å²) in [7, 11) is 0. The van der Waals surface area contributed by atoms with Gasteiger partial charge in [0.05, 0.1) is 27.5 Å². The van der Waals surface area contributed by atoms with E-state index in [1.165, 1.54) is 35.9 Å². The molecule has 6 aromatic carbocycles. The van der Waals surface area contributed by atoms with Crippen molar-refractivity contribution in [3.05, 3.63) is 191 Å². The molecule has 0 spiro atoms. The van der Waals surface area contributed by atoms with Crippen molar-refractivity contribution in [2.45, 2.75) is 33.6 Å². The maximum atomic E-state index is 12.9. The Bertz CT molecular complexity index is 2830. The van der Waals surface area contributed by atoms with Crippen LogP contribution in [-0.2, 0) is 12.4 Å². The molecule has 1 amide bonds. The van der Waals surface area contributed by atoms with Crippen molar-refractivity contribution >= 4 is 79.1 Å². The minimum absolute atomic E-state index is 0. The van der Waals surface area contributed by atoms with Gasteiger partial charge in [0.15, 0.2) is 0 Å². The van der Waals surface area contributed by atoms with E-state index in [2.05, 4.69) is 21.4 Å². The topological polar surface area (TPSA) is 98.0 Å². The molecule has 0 aliphatic heterocycles. The molecule has 2 aromatic heterocycles. The van der Waals surface area contributed by atoms with Gasteiger partial charge in [-0.1, -0.05) is 80.2 Å². The predicted molar refractivity (Wildman–Crippen MR) is 253 cm³/mol. The van der Waals surface area contributed by atoms with Crippen LogP contribution >= 0.6 is 34.8 Å². The Morgan fingerprint density at radius 2 is 1.00 bits per heavy atom. The van der Waals surface area contributed by atoms with E-state index in [0.717, 1.165) is 57.3 Å². The van der Waals surface area contributed by atoms with Crippen molar-refractivity contribution < 1.29 is 35.9 Å². The van der Waals surface area contributed by atoms with Gasteiger partial charge in [0.2, 0.25) is 0 Å². The summed E-state index contributed by atoms with van der Waals surface area (Å²) in [6.45, 7) is 3.99. The molecule has 65 heavy (non-hydrogen) atoms. The second-order valence-corrected chi connectivity index (χ2v) is 15.1. The first-order chi connectivity index (χ1) is 30.4. The number of carbonyl (C=O) groups is 2. The van der Waals surface area contributed by atoms with E-state index < -0.39 is 28.7 Å². The van der Waals surface area contributed by atoms with Crippen molar-refractivity contribution in [3.63, 3.8) is 0 Å². The van der Waals surface area contributed by atoms with Gasteiger partial charge in [0.1, 0.15) is 0 Å². The highest BCUT2D eigenvalue weighted by Crippen LogP contribution is 2.34. The highest BCUT2D eigenvalue weighted by Gasteiger charge is 2.31. The molecule has 0 bridgehead atoms. The lowest BCUT2D eigenvalue weighted by molar-refractivity contribution is -0.138. The summed E-state index contributed by atoms with van der Waals surface area (Å²) < 4.78 is 75.9. The zero-order valence-corrected chi connectivity index (χ0v) is 36.2. The average Bonchev–Trinajstić information content (AvgIpc) is 3.27. The van der Waals surface area contributed by atoms with Gasteiger partial charge >= 0.3 is 12.4 Å². The van der Waals surface area contributed by atoms with E-state index in [4.69, 9.17) is 40.5 Å². The SMILES string of the molecule is C.Cc1cnc2cc(N)ccc2c1.Cc1cnc2cc(NC(=O)c3ccccc3-c3ccc(C(F)(F)F)cc3)ccc2c1.ClCCl.O=C(Cl)c1ccccc1-c1ccc(C(F)(F)F)cc1. The van der Waals surface area contributed by atoms with E-state index in [1.807, 2.05) is 50.4 Å². The molecule has 0 aliphatic rings. The summed E-state index contributed by atoms with van der Waals surface area (Å²) >= 11 is 15.0. The number of nitrogens with zero attached hydrogens (tertiary/aromatic N) is 2. The number of halogens is 9. The molecule has 2 heterocycles. The molecular weight excluding hydrogens is 909 g/mol. The normalized spacial score (nSPS) is 10.8. The number of aryl methyl sites for hydroxylation is 2. The van der Waals surface area contributed by atoms with Crippen LogP contribution in [0.2, 0.25) is 0 Å². The summed E-state index contributed by atoms with van der Waals surface area (Å²) in [6, 6.07) is 38.0. The largest absolute Gasteiger partial charge is 0.416 e. The van der Waals surface area contributed by atoms with Crippen LogP contribution in [0.3, 0.4) is 0 Å². The number of alkyl halides is 8. The summed E-state index contributed by atoms with van der Waals surface area (Å²) in [4.78, 5) is 32.8. The smallest absolute Gasteiger partial charge is 0.399 e. The average molecular weight is 950 g/mol. The Kier molecular flexibility index (Phi) is 18.1. The number of carbonyl (C=O) groups excluding carboxylic acids is 2. The molecular formula is C50H41Cl3F6N4O2. The fourth-order valence-electron chi connectivity index (χ4n) is 6.27. The lowest BCUT2D eigenvalue weighted by Crippen LogP contribution is -2.13. The number of anilines is 2. The quantitative estimate of drug-likeness (QED) is 0.0775. The molecule has 336 valence electrons. The molecule has 0 saturated heterocycles. The van der Waals surface area contributed by atoms with E-state index in [9.17, 15) is 35.9 Å². The number of pyridine rings is 2. The van der Waals surface area contributed by atoms with Crippen LogP contribution in [0.25, 0.3) is 44.1 Å². The number of hydrogen-bond acceptors (Lipinski definition) is 5. The Balaban J connectivity index is 0.000000225. The first-order valence-corrected chi connectivity index (χ1v) is 20.5. The van der Waals surface area contributed by atoms with Crippen LogP contribution in [-0.4, -0.2) is 26.5 Å². The summed E-state index contributed by atoms with van der Waals surface area (Å²) in [5.74, 6) is -0.350. The molecule has 6 nitrogen and oxygen atoms in total. The molecule has 0 saturated carbocycles. The van der Waals surface area contributed by atoms with Gasteiger partial charge in [-0.2, -0.15) is 26.3 Å². The monoisotopic (exact) mass is 948 g/mol. The number of benzene rings is 6. The Labute approximate surface area is 387 Å². The zero-order valence-electron chi connectivity index (χ0n) is 33.9. The summed E-state index contributed by atoms with van der Waals surface area (Å²) in [6.07, 6.45) is -5.17. The molecule has 15 heteroatoms. The Morgan fingerprint density at radius 1 is 0.585 bits per heavy atom. The minimum Gasteiger partial charge on any atom is -0.399 e. The maximum absolute atomic E-state index is 12.9. The van der Waals surface area contributed by atoms with Crippen molar-refractivity contribution in [2.24, 2.45) is 0 Å². The molecule has 8 aromatic rings. The Hall–Kier alpha value is -6.47. The van der Waals surface area contributed by atoms with Gasteiger partial charge in [-0.05, 0) is 132 Å². The molecule has 0 fully saturated rings. The lowest BCUT2D eigenvalue weighted by Gasteiger charge is -2.12. The van der Waals surface area contributed by atoms with Gasteiger partial charge in [-0.3, -0.25) is 19.6 Å². The molecule has 3 N–H and O–H groups in total. The number of aromatic nitrogens is 2. The number of rotatable bonds is 5. The van der Waals surface area contributed by atoms with Crippen molar-refractivity contribution in [2.75, 3.05) is 16.4 Å². The minimum atomic E-state index is -4.40. The third-order valence-corrected chi connectivity index (χ3v) is 9.48. The standard InChI is InChI=1S/C24H17F3N2O.C14H8ClF3O.C10H10N2.CH2Cl2.CH4/c1-15-12-17-8-11-19(13-22(17)28-14-15)29-23(30)21-5-3-2-4-20(21)16-6-9-18(10-7-16)24(25,26)27;15-13(19)12-4-2-1-3-11(12)9-5-7-10(8-6-9)14(16,17)18;1-7-4-8-2-3-9(11)5-10(8)12-6-7;2-1-3;/h2-14H,1H3,(H,29,30);1-8H;2-6H,11H2,1H3;1H2;1H4. The number of nitrogens with one attached hydrogen (secondary N) is 1. The van der Waals surface area contributed by atoms with Gasteiger partial charge in [0, 0.05) is 45.7 Å². The molecule has 0 radical (unpaired) electrons. The van der Waals surface area contributed by atoms with Crippen LogP contribution in [0.15, 0.2) is 158 Å². The van der Waals surface area contributed by atoms with Crippen LogP contribution in [0, 0.1) is 13.8 Å². The van der Waals surface area contributed by atoms with E-state index in [1.54, 1.807) is 60.8 Å². The highest BCUT2D eigenvalue weighted by molar-refractivity contribution is 6.68. The number of nitrogens with two attached hydrogens (primary N) is 1. The van der Waals surface area contributed by atoms with Crippen molar-refractivity contribution in [1.29, 1.82) is 0 Å². The van der Waals surface area contributed by atoms with Gasteiger partial charge in [-0.15, -0.1) is 23.2 Å². The summed E-state index contributed by atoms with van der Waals surface area (Å²) in [5.41, 5.74) is 12.2. The fourth-order valence-corrected chi connectivity index (χ4v) is 6.44. The van der Waals surface area contributed by atoms with Crippen molar-refractivity contribution in [3.8, 4) is 22.3 Å².